The van der Waals surface area contributed by atoms with Crippen LogP contribution in [0.1, 0.15) is 23.5 Å². The molecule has 0 saturated heterocycles. The molecule has 5 heteroatoms. The zero-order valence-corrected chi connectivity index (χ0v) is 26.8. The molecule has 0 aliphatic rings. The maximum absolute atomic E-state index is 8.47. The van der Waals surface area contributed by atoms with Gasteiger partial charge in [-0.1, -0.05) is 133 Å². The summed E-state index contributed by atoms with van der Waals surface area (Å²) in [5, 5.41) is 4.14. The topological polar surface area (TPSA) is 68.8 Å². The highest BCUT2D eigenvalue weighted by Crippen LogP contribution is 2.40. The van der Waals surface area contributed by atoms with Gasteiger partial charge in [0, 0.05) is 27.3 Å². The highest BCUT2D eigenvalue weighted by atomic mass is 16.3. The molecule has 0 unspecified atom stereocenters. The molecule has 50 heavy (non-hydrogen) atoms. The molecule has 0 radical (unpaired) electrons. The number of fused-ring (bicyclic) bond motifs is 6. The Morgan fingerprint density at radius 2 is 1.36 bits per heavy atom. The highest BCUT2D eigenvalue weighted by Gasteiger charge is 2.19. The Balaban J connectivity index is 1.22. The van der Waals surface area contributed by atoms with E-state index in [1.165, 1.54) is 0 Å². The lowest BCUT2D eigenvalue weighted by atomic mass is 10.0. The standard InChI is InChI=1S/C45H32N4O/c46-44(32-17-8-3-9-18-32)48-45(47-29-30-13-4-1-5-14-30)34-24-26-37-42(28-34)50-41-22-12-21-39(43(37)41)49-38-20-11-10-19-35(38)36-25-23-33(27-40(36)49)31-15-6-2-7-16-31/h1-28H,29H2,(H2,46,47,48)/i3D,8D,9D,17D,18D. The molecule has 2 N–H and O–H groups in total. The van der Waals surface area contributed by atoms with Gasteiger partial charge in [-0.15, -0.1) is 0 Å². The van der Waals surface area contributed by atoms with Crippen LogP contribution in [0.4, 0.5) is 0 Å². The van der Waals surface area contributed by atoms with Gasteiger partial charge in [-0.05, 0) is 53.1 Å². The first-order valence-electron chi connectivity index (χ1n) is 18.8. The van der Waals surface area contributed by atoms with Crippen molar-refractivity contribution in [1.29, 1.82) is 0 Å². The van der Waals surface area contributed by atoms with Gasteiger partial charge in [-0.2, -0.15) is 0 Å². The van der Waals surface area contributed by atoms with E-state index in [-0.39, 0.29) is 23.8 Å². The van der Waals surface area contributed by atoms with Crippen molar-refractivity contribution >= 4 is 55.4 Å². The van der Waals surface area contributed by atoms with Crippen LogP contribution >= 0.6 is 0 Å². The van der Waals surface area contributed by atoms with E-state index in [2.05, 4.69) is 82.4 Å². The quantitative estimate of drug-likeness (QED) is 0.144. The number of hydrogen-bond acceptors (Lipinski definition) is 2. The van der Waals surface area contributed by atoms with Crippen LogP contribution in [0, 0.1) is 0 Å². The van der Waals surface area contributed by atoms with Crippen LogP contribution in [0.25, 0.3) is 60.6 Å². The van der Waals surface area contributed by atoms with Gasteiger partial charge in [0.05, 0.1) is 35.5 Å². The van der Waals surface area contributed by atoms with Crippen LogP contribution in [0.5, 0.6) is 0 Å². The second-order valence-electron chi connectivity index (χ2n) is 12.0. The Morgan fingerprint density at radius 1 is 0.620 bits per heavy atom. The van der Waals surface area contributed by atoms with Crippen LogP contribution in [0.3, 0.4) is 0 Å². The lowest BCUT2D eigenvalue weighted by molar-refractivity contribution is 0.668. The molecule has 9 aromatic rings. The van der Waals surface area contributed by atoms with Crippen LogP contribution in [-0.4, -0.2) is 16.2 Å². The van der Waals surface area contributed by atoms with Gasteiger partial charge in [-0.3, -0.25) is 4.99 Å². The van der Waals surface area contributed by atoms with Crippen molar-refractivity contribution in [2.24, 2.45) is 15.7 Å². The molecule has 238 valence electrons. The van der Waals surface area contributed by atoms with E-state index in [0.29, 0.717) is 16.7 Å². The molecule has 7 aromatic carbocycles. The molecule has 0 aliphatic carbocycles. The zero-order valence-electron chi connectivity index (χ0n) is 31.8. The van der Waals surface area contributed by atoms with Crippen molar-refractivity contribution in [2.45, 2.75) is 6.54 Å². The third-order valence-corrected chi connectivity index (χ3v) is 8.99. The predicted molar refractivity (Wildman–Crippen MR) is 207 cm³/mol. The number of furan rings is 1. The Labute approximate surface area is 296 Å². The lowest BCUT2D eigenvalue weighted by Gasteiger charge is -2.11. The number of hydrogen-bond donors (Lipinski definition) is 1. The van der Waals surface area contributed by atoms with Crippen molar-refractivity contribution in [3.8, 4) is 16.8 Å². The van der Waals surface area contributed by atoms with Crippen LogP contribution in [-0.2, 0) is 6.54 Å². The summed E-state index contributed by atoms with van der Waals surface area (Å²) in [6.45, 7) is 0.272. The molecule has 2 heterocycles. The Morgan fingerprint density at radius 3 is 2.20 bits per heavy atom. The minimum atomic E-state index is -0.503. The number of nitrogens with two attached hydrogens (primary N) is 1. The second kappa shape index (κ2) is 12.4. The number of para-hydroxylation sites is 1. The maximum atomic E-state index is 8.47. The number of aliphatic imine (C=N–C) groups is 2. The molecular formula is C45H32N4O. The van der Waals surface area contributed by atoms with E-state index in [1.54, 1.807) is 0 Å². The summed E-state index contributed by atoms with van der Waals surface area (Å²) in [6.07, 6.45) is 0. The minimum Gasteiger partial charge on any atom is -0.456 e. The van der Waals surface area contributed by atoms with E-state index in [1.807, 2.05) is 66.7 Å². The monoisotopic (exact) mass is 649 g/mol. The van der Waals surface area contributed by atoms with Crippen molar-refractivity contribution in [3.05, 3.63) is 186 Å². The van der Waals surface area contributed by atoms with Gasteiger partial charge >= 0.3 is 0 Å². The molecule has 0 atom stereocenters. The van der Waals surface area contributed by atoms with E-state index in [9.17, 15) is 0 Å². The van der Waals surface area contributed by atoms with Crippen molar-refractivity contribution in [2.75, 3.05) is 0 Å². The molecular weight excluding hydrogens is 613 g/mol. The Bertz CT molecular complexity index is 2990. The van der Waals surface area contributed by atoms with Gasteiger partial charge in [0.15, 0.2) is 5.84 Å². The summed E-state index contributed by atoms with van der Waals surface area (Å²) in [4.78, 5) is 9.44. The van der Waals surface area contributed by atoms with E-state index >= 15 is 0 Å². The molecule has 5 nitrogen and oxygen atoms in total. The molecule has 0 fully saturated rings. The third-order valence-electron chi connectivity index (χ3n) is 8.99. The predicted octanol–water partition coefficient (Wildman–Crippen LogP) is 10.7. The molecule has 0 amide bonds. The summed E-state index contributed by atoms with van der Waals surface area (Å²) in [5.74, 6) is -0.0105. The Hall–Kier alpha value is -6.72. The van der Waals surface area contributed by atoms with Crippen LogP contribution in [0.2, 0.25) is 0 Å². The molecule has 2 aromatic heterocycles. The molecule has 9 rings (SSSR count). The first kappa shape index (κ1) is 24.4. The first-order valence-corrected chi connectivity index (χ1v) is 16.3. The number of rotatable bonds is 6. The van der Waals surface area contributed by atoms with Crippen molar-refractivity contribution in [3.63, 3.8) is 0 Å². The van der Waals surface area contributed by atoms with Crippen LogP contribution < -0.4 is 5.73 Å². The summed E-state index contributed by atoms with van der Waals surface area (Å²) < 4.78 is 50.1. The van der Waals surface area contributed by atoms with Gasteiger partial charge in [0.25, 0.3) is 0 Å². The number of amidine groups is 2. The normalized spacial score (nSPS) is 13.8. The molecule has 0 aliphatic heterocycles. The van der Waals surface area contributed by atoms with Crippen molar-refractivity contribution < 1.29 is 11.3 Å². The van der Waals surface area contributed by atoms with Gasteiger partial charge < -0.3 is 14.7 Å². The summed E-state index contributed by atoms with van der Waals surface area (Å²) >= 11 is 0. The SMILES string of the molecule is [2H]c1c([2H])c([2H])c(C(N)=NC(=NCc2ccccc2)c2ccc3c(c2)oc2cccc(-n4c5ccccc5c5ccc(-c6ccccc6)cc54)c23)c([2H])c1[2H]. The third kappa shape index (κ3) is 5.22. The van der Waals surface area contributed by atoms with Gasteiger partial charge in [0.2, 0.25) is 0 Å². The molecule has 0 saturated carbocycles. The average Bonchev–Trinajstić information content (AvgIpc) is 3.76. The van der Waals surface area contributed by atoms with E-state index in [4.69, 9.17) is 22.0 Å². The highest BCUT2D eigenvalue weighted by molar-refractivity contribution is 6.16. The lowest BCUT2D eigenvalue weighted by Crippen LogP contribution is -2.16. The average molecular weight is 650 g/mol. The smallest absolute Gasteiger partial charge is 0.157 e. The fourth-order valence-corrected chi connectivity index (χ4v) is 6.66. The van der Waals surface area contributed by atoms with E-state index < -0.39 is 30.2 Å². The largest absolute Gasteiger partial charge is 0.456 e. The minimum absolute atomic E-state index is 0.186. The number of nitrogens with zero attached hydrogens (tertiary/aromatic N) is 3. The summed E-state index contributed by atoms with van der Waals surface area (Å²) in [5.41, 5.74) is 14.5. The van der Waals surface area contributed by atoms with Crippen LogP contribution in [0.15, 0.2) is 184 Å². The maximum Gasteiger partial charge on any atom is 0.157 e. The Kier molecular flexibility index (Phi) is 6.05. The molecule has 0 spiro atoms. The molecule has 0 bridgehead atoms. The number of benzene rings is 7. The second-order valence-corrected chi connectivity index (χ2v) is 12.0. The fourth-order valence-electron chi connectivity index (χ4n) is 6.66. The van der Waals surface area contributed by atoms with Gasteiger partial charge in [-0.25, -0.2) is 4.99 Å². The van der Waals surface area contributed by atoms with Crippen molar-refractivity contribution in [1.82, 2.24) is 4.57 Å². The first-order chi connectivity index (χ1) is 26.8. The van der Waals surface area contributed by atoms with Gasteiger partial charge in [0.1, 0.15) is 17.0 Å². The summed E-state index contributed by atoms with van der Waals surface area (Å²) in [6, 6.07) is 44.5. The summed E-state index contributed by atoms with van der Waals surface area (Å²) in [7, 11) is 0. The van der Waals surface area contributed by atoms with E-state index in [0.717, 1.165) is 55.0 Å². The number of aromatic nitrogens is 1. The zero-order chi connectivity index (χ0) is 37.8. The fraction of sp³-hybridized carbons (Fsp3) is 0.0222.